The normalized spacial score (nSPS) is 25.4. The number of rotatable bonds is 8. The Bertz CT molecular complexity index is 1030. The Labute approximate surface area is 244 Å². The number of hydrogen-bond acceptors (Lipinski definition) is 5. The number of carbonyl (C=O) groups excluding carboxylic acids is 2. The fraction of sp³-hybridized carbons (Fsp3) is 0.677. The third-order valence-corrected chi connectivity index (χ3v) is 9.02. The SMILES string of the molecule is C[C@H]1CN(Cc2c(Cl)cccc2Cl)C(C(=O)NC2CCN(CC3=CCCCC3)CC2)[C@H]1CC(=O)OC(C)(C)C. The van der Waals surface area contributed by atoms with Crippen molar-refractivity contribution in [3.05, 3.63) is 45.5 Å². The number of carbonyl (C=O) groups is 2. The molecule has 6 nitrogen and oxygen atoms in total. The van der Waals surface area contributed by atoms with Gasteiger partial charge in [-0.05, 0) is 83.3 Å². The number of likely N-dealkylation sites (tertiary alicyclic amines) is 2. The van der Waals surface area contributed by atoms with Gasteiger partial charge in [-0.25, -0.2) is 0 Å². The van der Waals surface area contributed by atoms with E-state index in [4.69, 9.17) is 27.9 Å². The van der Waals surface area contributed by atoms with E-state index in [9.17, 15) is 9.59 Å². The van der Waals surface area contributed by atoms with Gasteiger partial charge in [0.05, 0.1) is 12.5 Å². The van der Waals surface area contributed by atoms with E-state index >= 15 is 0 Å². The molecule has 1 amide bonds. The molecular formula is C31H45Cl2N3O3. The van der Waals surface area contributed by atoms with Crippen LogP contribution in [0.3, 0.4) is 0 Å². The van der Waals surface area contributed by atoms with Crippen LogP contribution in [0.5, 0.6) is 0 Å². The highest BCUT2D eigenvalue weighted by molar-refractivity contribution is 6.35. The predicted molar refractivity (Wildman–Crippen MR) is 158 cm³/mol. The van der Waals surface area contributed by atoms with Crippen molar-refractivity contribution in [1.82, 2.24) is 15.1 Å². The Hall–Kier alpha value is -1.60. The van der Waals surface area contributed by atoms with Crippen molar-refractivity contribution in [1.29, 1.82) is 0 Å². The zero-order valence-electron chi connectivity index (χ0n) is 24.0. The maximum Gasteiger partial charge on any atom is 0.306 e. The summed E-state index contributed by atoms with van der Waals surface area (Å²) in [5, 5.41) is 4.54. The quantitative estimate of drug-likeness (QED) is 0.292. The van der Waals surface area contributed by atoms with Crippen molar-refractivity contribution in [3.63, 3.8) is 0 Å². The summed E-state index contributed by atoms with van der Waals surface area (Å²) >= 11 is 13.0. The standard InChI is InChI=1S/C31H45Cl2N3O3/c1-21-18-36(20-25-26(32)11-8-12-27(25)33)29(24(21)17-28(37)39-31(2,3)4)30(38)34-23-13-15-35(16-14-23)19-22-9-6-5-7-10-22/h8-9,11-12,21,23-24,29H,5-7,10,13-20H2,1-4H3,(H,34,38)/t21-,24-,29?/m0/s1. The molecule has 1 unspecified atom stereocenters. The highest BCUT2D eigenvalue weighted by atomic mass is 35.5. The number of nitrogens with one attached hydrogen (secondary N) is 1. The second-order valence-electron chi connectivity index (χ2n) is 12.7. The average Bonchev–Trinajstić information content (AvgIpc) is 3.16. The van der Waals surface area contributed by atoms with E-state index in [0.717, 1.165) is 38.0 Å². The molecular weight excluding hydrogens is 533 g/mol. The van der Waals surface area contributed by atoms with Gasteiger partial charge in [-0.3, -0.25) is 19.4 Å². The van der Waals surface area contributed by atoms with E-state index in [1.54, 1.807) is 5.57 Å². The summed E-state index contributed by atoms with van der Waals surface area (Å²) in [6.45, 7) is 11.9. The lowest BCUT2D eigenvalue weighted by molar-refractivity contribution is -0.156. The summed E-state index contributed by atoms with van der Waals surface area (Å²) < 4.78 is 5.65. The van der Waals surface area contributed by atoms with Crippen LogP contribution in [0.4, 0.5) is 0 Å². The van der Waals surface area contributed by atoms with Gasteiger partial charge in [0.15, 0.2) is 0 Å². The molecule has 216 valence electrons. The van der Waals surface area contributed by atoms with Crippen LogP contribution in [0.25, 0.3) is 0 Å². The summed E-state index contributed by atoms with van der Waals surface area (Å²) in [6.07, 6.45) is 9.55. The summed E-state index contributed by atoms with van der Waals surface area (Å²) in [7, 11) is 0. The number of allylic oxidation sites excluding steroid dienone is 1. The minimum Gasteiger partial charge on any atom is -0.460 e. The summed E-state index contributed by atoms with van der Waals surface area (Å²) in [5.41, 5.74) is 1.82. The molecule has 2 heterocycles. The first-order valence-electron chi connectivity index (χ1n) is 14.6. The number of hydrogen-bond donors (Lipinski definition) is 1. The predicted octanol–water partition coefficient (Wildman–Crippen LogP) is 6.24. The summed E-state index contributed by atoms with van der Waals surface area (Å²) in [6, 6.07) is 5.16. The van der Waals surface area contributed by atoms with Crippen LogP contribution in [0.1, 0.15) is 78.2 Å². The van der Waals surface area contributed by atoms with Crippen LogP contribution in [-0.2, 0) is 20.9 Å². The number of amides is 1. The number of benzene rings is 1. The van der Waals surface area contributed by atoms with Crippen LogP contribution in [0.15, 0.2) is 29.8 Å². The van der Waals surface area contributed by atoms with Crippen LogP contribution in [-0.4, -0.2) is 65.5 Å². The van der Waals surface area contributed by atoms with Crippen molar-refractivity contribution in [3.8, 4) is 0 Å². The van der Waals surface area contributed by atoms with Crippen LogP contribution < -0.4 is 5.32 Å². The molecule has 2 aliphatic heterocycles. The molecule has 0 bridgehead atoms. The Balaban J connectivity index is 1.44. The molecule has 3 aliphatic rings. The molecule has 1 N–H and O–H groups in total. The van der Waals surface area contributed by atoms with Crippen LogP contribution in [0, 0.1) is 11.8 Å². The Morgan fingerprint density at radius 1 is 1.08 bits per heavy atom. The Morgan fingerprint density at radius 2 is 1.77 bits per heavy atom. The van der Waals surface area contributed by atoms with Gasteiger partial charge < -0.3 is 10.1 Å². The van der Waals surface area contributed by atoms with E-state index in [1.165, 1.54) is 25.7 Å². The fourth-order valence-electron chi connectivity index (χ4n) is 6.36. The molecule has 1 aromatic rings. The lowest BCUT2D eigenvalue weighted by atomic mass is 9.88. The third-order valence-electron chi connectivity index (χ3n) is 8.31. The summed E-state index contributed by atoms with van der Waals surface area (Å²) in [4.78, 5) is 31.4. The van der Waals surface area contributed by atoms with Gasteiger partial charge in [0, 0.05) is 54.4 Å². The number of halogens is 2. The molecule has 0 aromatic heterocycles. The molecule has 39 heavy (non-hydrogen) atoms. The largest absolute Gasteiger partial charge is 0.460 e. The topological polar surface area (TPSA) is 61.9 Å². The molecule has 8 heteroatoms. The first-order valence-corrected chi connectivity index (χ1v) is 15.3. The average molecular weight is 579 g/mol. The van der Waals surface area contributed by atoms with Gasteiger partial charge in [0.1, 0.15) is 5.60 Å². The van der Waals surface area contributed by atoms with Gasteiger partial charge in [0.25, 0.3) is 0 Å². The van der Waals surface area contributed by atoms with Gasteiger partial charge in [-0.2, -0.15) is 0 Å². The molecule has 4 rings (SSSR count). The molecule has 0 saturated carbocycles. The maximum atomic E-state index is 13.9. The monoisotopic (exact) mass is 577 g/mol. The lowest BCUT2D eigenvalue weighted by Crippen LogP contribution is -2.52. The number of piperidine rings is 1. The number of nitrogens with zero attached hydrogens (tertiary/aromatic N) is 2. The Kier molecular flexibility index (Phi) is 10.4. The van der Waals surface area contributed by atoms with Crippen molar-refractivity contribution in [2.24, 2.45) is 11.8 Å². The van der Waals surface area contributed by atoms with E-state index in [2.05, 4.69) is 28.1 Å². The van der Waals surface area contributed by atoms with E-state index in [0.29, 0.717) is 23.1 Å². The first kappa shape index (κ1) is 30.4. The third kappa shape index (κ3) is 8.45. The molecule has 0 radical (unpaired) electrons. The first-order chi connectivity index (χ1) is 18.5. The second kappa shape index (κ2) is 13.4. The van der Waals surface area contributed by atoms with Crippen molar-refractivity contribution in [2.45, 2.75) is 96.9 Å². The Morgan fingerprint density at radius 3 is 2.38 bits per heavy atom. The highest BCUT2D eigenvalue weighted by Crippen LogP contribution is 2.37. The van der Waals surface area contributed by atoms with Crippen molar-refractivity contribution in [2.75, 3.05) is 26.2 Å². The van der Waals surface area contributed by atoms with Gasteiger partial charge >= 0.3 is 5.97 Å². The highest BCUT2D eigenvalue weighted by Gasteiger charge is 2.45. The smallest absolute Gasteiger partial charge is 0.306 e. The van der Waals surface area contributed by atoms with E-state index < -0.39 is 11.6 Å². The molecule has 1 aliphatic carbocycles. The number of esters is 1. The van der Waals surface area contributed by atoms with Crippen molar-refractivity contribution >= 4 is 35.1 Å². The van der Waals surface area contributed by atoms with Gasteiger partial charge in [-0.1, -0.05) is 47.8 Å². The zero-order valence-corrected chi connectivity index (χ0v) is 25.5. The molecule has 3 atom stereocenters. The second-order valence-corrected chi connectivity index (χ2v) is 13.5. The van der Waals surface area contributed by atoms with E-state index in [1.807, 2.05) is 39.0 Å². The maximum absolute atomic E-state index is 13.9. The molecule has 1 aromatic carbocycles. The zero-order chi connectivity index (χ0) is 28.2. The van der Waals surface area contributed by atoms with Crippen LogP contribution in [0.2, 0.25) is 10.0 Å². The minimum atomic E-state index is -0.566. The van der Waals surface area contributed by atoms with E-state index in [-0.39, 0.29) is 36.2 Å². The molecule has 2 saturated heterocycles. The van der Waals surface area contributed by atoms with Gasteiger partial charge in [0.2, 0.25) is 5.91 Å². The molecule has 0 spiro atoms. The fourth-order valence-corrected chi connectivity index (χ4v) is 6.87. The number of ether oxygens (including phenoxy) is 1. The summed E-state index contributed by atoms with van der Waals surface area (Å²) in [5.74, 6) is -0.288. The van der Waals surface area contributed by atoms with Crippen LogP contribution >= 0.6 is 23.2 Å². The van der Waals surface area contributed by atoms with Crippen molar-refractivity contribution < 1.29 is 14.3 Å². The minimum absolute atomic E-state index is 0.00970. The lowest BCUT2D eigenvalue weighted by Gasteiger charge is -2.35. The molecule has 2 fully saturated rings. The van der Waals surface area contributed by atoms with Gasteiger partial charge in [-0.15, -0.1) is 0 Å².